The molecular formula is C46H29N3Se. The van der Waals surface area contributed by atoms with Crippen LogP contribution in [0, 0.1) is 11.3 Å². The van der Waals surface area contributed by atoms with E-state index in [0.717, 1.165) is 27.5 Å². The zero-order valence-electron chi connectivity index (χ0n) is 27.5. The topological polar surface area (TPSA) is 33.6 Å². The van der Waals surface area contributed by atoms with Crippen molar-refractivity contribution in [1.29, 1.82) is 5.26 Å². The van der Waals surface area contributed by atoms with Crippen molar-refractivity contribution in [3.63, 3.8) is 0 Å². The monoisotopic (exact) mass is 703 g/mol. The fourth-order valence-electron chi connectivity index (χ4n) is 8.79. The third-order valence-electron chi connectivity index (χ3n) is 11.1. The summed E-state index contributed by atoms with van der Waals surface area (Å²) in [6.45, 7) is 4.72. The number of nitriles is 1. The van der Waals surface area contributed by atoms with Crippen molar-refractivity contribution < 1.29 is 0 Å². The van der Waals surface area contributed by atoms with Gasteiger partial charge in [-0.1, -0.05) is 0 Å². The number of aromatic nitrogens is 2. The third-order valence-corrected chi connectivity index (χ3v) is 13.5. The maximum atomic E-state index is 9.64. The van der Waals surface area contributed by atoms with Crippen LogP contribution in [0.5, 0.6) is 0 Å². The molecule has 7 aromatic carbocycles. The molecule has 0 fully saturated rings. The summed E-state index contributed by atoms with van der Waals surface area (Å²) in [5.74, 6) is 0. The Labute approximate surface area is 294 Å². The molecule has 50 heavy (non-hydrogen) atoms. The zero-order valence-corrected chi connectivity index (χ0v) is 29.2. The Morgan fingerprint density at radius 1 is 0.480 bits per heavy atom. The fourth-order valence-corrected chi connectivity index (χ4v) is 11.0. The Morgan fingerprint density at radius 3 is 1.74 bits per heavy atom. The molecule has 1 aliphatic carbocycles. The predicted octanol–water partition coefficient (Wildman–Crippen LogP) is 11.4. The third kappa shape index (κ3) is 3.63. The van der Waals surface area contributed by atoms with Gasteiger partial charge in [-0.15, -0.1) is 0 Å². The number of hydrogen-bond acceptors (Lipinski definition) is 1. The molecule has 0 aliphatic heterocycles. The molecule has 0 unspecified atom stereocenters. The van der Waals surface area contributed by atoms with Crippen molar-refractivity contribution in [3.8, 4) is 28.6 Å². The minimum absolute atomic E-state index is 0.0469. The first-order valence-corrected chi connectivity index (χ1v) is 18.8. The van der Waals surface area contributed by atoms with Crippen LogP contribution in [0.2, 0.25) is 0 Å². The second kappa shape index (κ2) is 9.87. The predicted molar refractivity (Wildman–Crippen MR) is 209 cm³/mol. The van der Waals surface area contributed by atoms with Gasteiger partial charge in [-0.2, -0.15) is 0 Å². The van der Waals surface area contributed by atoms with E-state index in [1.165, 1.54) is 69.0 Å². The van der Waals surface area contributed by atoms with Crippen LogP contribution in [0.3, 0.4) is 0 Å². The van der Waals surface area contributed by atoms with E-state index in [9.17, 15) is 5.26 Å². The number of para-hydroxylation sites is 2. The SMILES string of the molecule is CC1(C)c2ccccc2-c2cc3c(cc21)c1ccccc1n3-c1ccc2[se]c3ccc(-n4c5ccccc5c5cc(C#N)ccc54)cc3c2c1. The van der Waals surface area contributed by atoms with Gasteiger partial charge in [0.2, 0.25) is 0 Å². The van der Waals surface area contributed by atoms with Gasteiger partial charge in [0.25, 0.3) is 0 Å². The van der Waals surface area contributed by atoms with E-state index in [1.807, 2.05) is 12.1 Å². The molecule has 0 atom stereocenters. The summed E-state index contributed by atoms with van der Waals surface area (Å²) in [5, 5.41) is 17.1. The first-order valence-electron chi connectivity index (χ1n) is 17.1. The van der Waals surface area contributed by atoms with Gasteiger partial charge in [0.1, 0.15) is 0 Å². The molecule has 11 rings (SSSR count). The fraction of sp³-hybridized carbons (Fsp3) is 0.0652. The average molecular weight is 703 g/mol. The molecule has 234 valence electrons. The molecule has 0 saturated heterocycles. The Hall–Kier alpha value is -5.85. The van der Waals surface area contributed by atoms with Crippen LogP contribution in [0.4, 0.5) is 0 Å². The molecule has 0 saturated carbocycles. The summed E-state index contributed by atoms with van der Waals surface area (Å²) in [6, 6.07) is 53.7. The van der Waals surface area contributed by atoms with E-state index in [2.05, 4.69) is 156 Å². The van der Waals surface area contributed by atoms with Gasteiger partial charge < -0.3 is 0 Å². The molecule has 4 heteroatoms. The van der Waals surface area contributed by atoms with Crippen LogP contribution in [-0.4, -0.2) is 23.6 Å². The Morgan fingerprint density at radius 2 is 1.06 bits per heavy atom. The van der Waals surface area contributed by atoms with Crippen LogP contribution in [0.1, 0.15) is 30.5 Å². The van der Waals surface area contributed by atoms with Crippen molar-refractivity contribution >= 4 is 77.4 Å². The average Bonchev–Trinajstić information content (AvgIpc) is 3.85. The number of nitrogens with zero attached hydrogens (tertiary/aromatic N) is 3. The first-order chi connectivity index (χ1) is 24.5. The summed E-state index contributed by atoms with van der Waals surface area (Å²) >= 11 is 0.237. The summed E-state index contributed by atoms with van der Waals surface area (Å²) in [4.78, 5) is 0. The zero-order chi connectivity index (χ0) is 33.3. The first kappa shape index (κ1) is 28.0. The molecule has 3 nitrogen and oxygen atoms in total. The summed E-state index contributed by atoms with van der Waals surface area (Å²) in [7, 11) is 0. The van der Waals surface area contributed by atoms with Gasteiger partial charge in [-0.3, -0.25) is 0 Å². The van der Waals surface area contributed by atoms with Crippen LogP contribution in [0.15, 0.2) is 140 Å². The van der Waals surface area contributed by atoms with Crippen molar-refractivity contribution in [1.82, 2.24) is 9.13 Å². The van der Waals surface area contributed by atoms with Crippen molar-refractivity contribution in [2.75, 3.05) is 0 Å². The van der Waals surface area contributed by atoms with Gasteiger partial charge >= 0.3 is 296 Å². The van der Waals surface area contributed by atoms with Gasteiger partial charge in [0.05, 0.1) is 0 Å². The normalized spacial score (nSPS) is 13.5. The van der Waals surface area contributed by atoms with Crippen LogP contribution >= 0.6 is 0 Å². The van der Waals surface area contributed by atoms with Gasteiger partial charge in [-0.25, -0.2) is 0 Å². The quantitative estimate of drug-likeness (QED) is 0.165. The number of hydrogen-bond donors (Lipinski definition) is 0. The standard InChI is InChI=1S/C46H29N3Se/c1-46(2)38-12-6-3-9-30(38)33-25-43-35(24-39(33)46)32-11-5-8-14-41(32)49(43)29-17-20-45-37(23-29)36-22-28(16-19-44(36)50-45)48-40-13-7-4-10-31(40)34-21-27(26-47)15-18-42(34)48/h3-25H,1-2H3. The van der Waals surface area contributed by atoms with E-state index >= 15 is 0 Å². The molecule has 0 N–H and O–H groups in total. The van der Waals surface area contributed by atoms with Gasteiger partial charge in [0, 0.05) is 0 Å². The molecule has 3 aromatic heterocycles. The summed E-state index contributed by atoms with van der Waals surface area (Å²) < 4.78 is 7.67. The van der Waals surface area contributed by atoms with E-state index in [0.29, 0.717) is 5.56 Å². The van der Waals surface area contributed by atoms with Crippen molar-refractivity contribution in [2.45, 2.75) is 19.3 Å². The minimum atomic E-state index is -0.0469. The molecule has 0 amide bonds. The second-order valence-electron chi connectivity index (χ2n) is 14.1. The van der Waals surface area contributed by atoms with E-state index in [1.54, 1.807) is 0 Å². The summed E-state index contributed by atoms with van der Waals surface area (Å²) in [6.07, 6.45) is 0. The molecule has 10 aromatic rings. The van der Waals surface area contributed by atoms with Gasteiger partial charge in [-0.05, 0) is 0 Å². The molecule has 0 bridgehead atoms. The number of benzene rings is 7. The van der Waals surface area contributed by atoms with Gasteiger partial charge in [0.15, 0.2) is 0 Å². The Kier molecular flexibility index (Phi) is 5.53. The van der Waals surface area contributed by atoms with E-state index in [4.69, 9.17) is 0 Å². The van der Waals surface area contributed by atoms with Crippen LogP contribution in [-0.2, 0) is 5.41 Å². The van der Waals surface area contributed by atoms with Crippen molar-refractivity contribution in [2.24, 2.45) is 0 Å². The van der Waals surface area contributed by atoms with Crippen LogP contribution < -0.4 is 0 Å². The Bertz CT molecular complexity index is 3140. The second-order valence-corrected chi connectivity index (χ2v) is 16.4. The van der Waals surface area contributed by atoms with E-state index < -0.39 is 0 Å². The van der Waals surface area contributed by atoms with Crippen LogP contribution in [0.25, 0.3) is 85.4 Å². The number of fused-ring (bicyclic) bond motifs is 12. The van der Waals surface area contributed by atoms with E-state index in [-0.39, 0.29) is 19.9 Å². The molecule has 0 spiro atoms. The number of rotatable bonds is 2. The summed E-state index contributed by atoms with van der Waals surface area (Å²) in [5.41, 5.74) is 13.2. The molecule has 0 radical (unpaired) electrons. The maximum absolute atomic E-state index is 9.64. The molecule has 3 heterocycles. The van der Waals surface area contributed by atoms with Crippen molar-refractivity contribution in [3.05, 3.63) is 156 Å². The Balaban J connectivity index is 1.16. The molecular weight excluding hydrogens is 673 g/mol. The molecule has 1 aliphatic rings.